The van der Waals surface area contributed by atoms with E-state index in [1.54, 1.807) is 36.5 Å². The van der Waals surface area contributed by atoms with Gasteiger partial charge in [0.2, 0.25) is 5.91 Å². The van der Waals surface area contributed by atoms with Gasteiger partial charge in [-0.2, -0.15) is 5.10 Å². The highest BCUT2D eigenvalue weighted by Crippen LogP contribution is 2.11. The summed E-state index contributed by atoms with van der Waals surface area (Å²) in [6.07, 6.45) is 3.54. The second-order valence-electron chi connectivity index (χ2n) is 4.95. The quantitative estimate of drug-likeness (QED) is 0.591. The van der Waals surface area contributed by atoms with Crippen LogP contribution in [0.5, 0.6) is 0 Å². The van der Waals surface area contributed by atoms with E-state index in [4.69, 9.17) is 4.74 Å². The number of halogens is 1. The minimum absolute atomic E-state index is 0.117. The van der Waals surface area contributed by atoms with Crippen LogP contribution in [0.15, 0.2) is 41.1 Å². The Kier molecular flexibility index (Phi) is 6.34. The summed E-state index contributed by atoms with van der Waals surface area (Å²) in [6, 6.07) is 8.37. The third-order valence-electron chi connectivity index (χ3n) is 3.05. The van der Waals surface area contributed by atoms with Crippen molar-refractivity contribution in [1.82, 2.24) is 9.78 Å². The normalized spacial score (nSPS) is 10.3. The van der Waals surface area contributed by atoms with E-state index in [-0.39, 0.29) is 18.4 Å². The lowest BCUT2D eigenvalue weighted by Gasteiger charge is -2.07. The first-order valence-corrected chi connectivity index (χ1v) is 8.14. The first kappa shape index (κ1) is 17.2. The molecule has 6 nitrogen and oxygen atoms in total. The Labute approximate surface area is 143 Å². The van der Waals surface area contributed by atoms with E-state index in [2.05, 4.69) is 26.3 Å². The van der Waals surface area contributed by atoms with Crippen LogP contribution in [0.1, 0.15) is 30.1 Å². The summed E-state index contributed by atoms with van der Waals surface area (Å²) in [5.74, 6) is -0.545. The van der Waals surface area contributed by atoms with Crippen LogP contribution in [0.25, 0.3) is 0 Å². The number of benzene rings is 1. The van der Waals surface area contributed by atoms with E-state index in [0.717, 1.165) is 12.8 Å². The second-order valence-corrected chi connectivity index (χ2v) is 5.76. The van der Waals surface area contributed by atoms with E-state index in [0.29, 0.717) is 22.5 Å². The molecule has 0 atom stereocenters. The van der Waals surface area contributed by atoms with Crippen LogP contribution in [0.2, 0.25) is 0 Å². The van der Waals surface area contributed by atoms with Crippen molar-refractivity contribution in [3.05, 3.63) is 46.7 Å². The maximum absolute atomic E-state index is 11.9. The predicted octanol–water partition coefficient (Wildman–Crippen LogP) is 3.24. The highest BCUT2D eigenvalue weighted by molar-refractivity contribution is 9.10. The number of ether oxygens (including phenoxy) is 1. The van der Waals surface area contributed by atoms with Crippen molar-refractivity contribution < 1.29 is 14.3 Å². The van der Waals surface area contributed by atoms with E-state index >= 15 is 0 Å². The summed E-state index contributed by atoms with van der Waals surface area (Å²) >= 11 is 3.23. The van der Waals surface area contributed by atoms with Crippen molar-refractivity contribution in [3.8, 4) is 0 Å². The third kappa shape index (κ3) is 5.52. The molecule has 1 N–H and O–H groups in total. The molecule has 1 heterocycles. The fourth-order valence-electron chi connectivity index (χ4n) is 1.85. The lowest BCUT2D eigenvalue weighted by atomic mass is 10.2. The number of rotatable bonds is 7. The largest absolute Gasteiger partial charge is 0.462 e. The number of hydrogen-bond acceptors (Lipinski definition) is 4. The molecule has 0 fully saturated rings. The lowest BCUT2D eigenvalue weighted by molar-refractivity contribution is -0.116. The SMILES string of the molecule is CCCCOC(=O)c1ccc(NC(=O)Cn2ccc(Br)n2)cc1. The molecule has 0 radical (unpaired) electrons. The molecule has 0 aliphatic rings. The Morgan fingerprint density at radius 2 is 2.00 bits per heavy atom. The molecule has 1 aromatic carbocycles. The van der Waals surface area contributed by atoms with Gasteiger partial charge >= 0.3 is 5.97 Å². The van der Waals surface area contributed by atoms with Gasteiger partial charge in [-0.25, -0.2) is 4.79 Å². The molecule has 1 amide bonds. The number of hydrogen-bond donors (Lipinski definition) is 1. The van der Waals surface area contributed by atoms with Gasteiger partial charge in [-0.1, -0.05) is 13.3 Å². The molecule has 0 bridgehead atoms. The Hall–Kier alpha value is -2.15. The Bertz CT molecular complexity index is 667. The highest BCUT2D eigenvalue weighted by atomic mass is 79.9. The summed E-state index contributed by atoms with van der Waals surface area (Å²) in [5.41, 5.74) is 1.08. The molecule has 7 heteroatoms. The molecule has 2 rings (SSSR count). The van der Waals surface area contributed by atoms with Gasteiger partial charge in [0.15, 0.2) is 0 Å². The van der Waals surface area contributed by atoms with Crippen LogP contribution in [0.3, 0.4) is 0 Å². The maximum atomic E-state index is 11.9. The minimum Gasteiger partial charge on any atom is -0.462 e. The van der Waals surface area contributed by atoms with Crippen LogP contribution < -0.4 is 5.32 Å². The first-order valence-electron chi connectivity index (χ1n) is 7.34. The number of nitrogens with one attached hydrogen (secondary N) is 1. The smallest absolute Gasteiger partial charge is 0.338 e. The zero-order chi connectivity index (χ0) is 16.7. The minimum atomic E-state index is -0.349. The zero-order valence-electron chi connectivity index (χ0n) is 12.8. The van der Waals surface area contributed by atoms with Crippen molar-refractivity contribution in [3.63, 3.8) is 0 Å². The summed E-state index contributed by atoms with van der Waals surface area (Å²) < 4.78 is 7.33. The van der Waals surface area contributed by atoms with E-state index in [1.807, 2.05) is 6.92 Å². The van der Waals surface area contributed by atoms with Gasteiger partial charge in [-0.05, 0) is 52.7 Å². The van der Waals surface area contributed by atoms with Crippen molar-refractivity contribution in [2.45, 2.75) is 26.3 Å². The van der Waals surface area contributed by atoms with Crippen molar-refractivity contribution in [2.24, 2.45) is 0 Å². The van der Waals surface area contributed by atoms with Crippen LogP contribution in [-0.4, -0.2) is 28.3 Å². The van der Waals surface area contributed by atoms with Gasteiger partial charge < -0.3 is 10.1 Å². The first-order chi connectivity index (χ1) is 11.1. The van der Waals surface area contributed by atoms with Gasteiger partial charge in [0.1, 0.15) is 11.1 Å². The molecule has 0 unspecified atom stereocenters. The zero-order valence-corrected chi connectivity index (χ0v) is 14.4. The van der Waals surface area contributed by atoms with Crippen LogP contribution >= 0.6 is 15.9 Å². The predicted molar refractivity (Wildman–Crippen MR) is 90.2 cm³/mol. The monoisotopic (exact) mass is 379 g/mol. The Morgan fingerprint density at radius 1 is 1.26 bits per heavy atom. The van der Waals surface area contributed by atoms with Crippen LogP contribution in [-0.2, 0) is 16.1 Å². The molecule has 0 aliphatic carbocycles. The molecule has 0 saturated heterocycles. The van der Waals surface area contributed by atoms with Gasteiger partial charge in [-0.3, -0.25) is 9.48 Å². The molecular formula is C16H18BrN3O3. The van der Waals surface area contributed by atoms with Crippen LogP contribution in [0, 0.1) is 0 Å². The van der Waals surface area contributed by atoms with Crippen molar-refractivity contribution >= 4 is 33.5 Å². The standard InChI is InChI=1S/C16H18BrN3O3/c1-2-3-10-23-16(22)12-4-6-13(7-5-12)18-15(21)11-20-9-8-14(17)19-20/h4-9H,2-3,10-11H2,1H3,(H,18,21). The molecule has 1 aromatic heterocycles. The van der Waals surface area contributed by atoms with Crippen LogP contribution in [0.4, 0.5) is 5.69 Å². The molecule has 0 saturated carbocycles. The number of amides is 1. The lowest BCUT2D eigenvalue weighted by Crippen LogP contribution is -2.19. The molecule has 23 heavy (non-hydrogen) atoms. The number of carbonyl (C=O) groups is 2. The van der Waals surface area contributed by atoms with E-state index in [9.17, 15) is 9.59 Å². The topological polar surface area (TPSA) is 73.2 Å². The van der Waals surface area contributed by atoms with Gasteiger partial charge in [0, 0.05) is 11.9 Å². The van der Waals surface area contributed by atoms with E-state index in [1.165, 1.54) is 4.68 Å². The van der Waals surface area contributed by atoms with Gasteiger partial charge in [-0.15, -0.1) is 0 Å². The fraction of sp³-hybridized carbons (Fsp3) is 0.312. The van der Waals surface area contributed by atoms with Crippen molar-refractivity contribution in [1.29, 1.82) is 0 Å². The number of unbranched alkanes of at least 4 members (excludes halogenated alkanes) is 1. The molecule has 122 valence electrons. The number of carbonyl (C=O) groups excluding carboxylic acids is 2. The molecular weight excluding hydrogens is 362 g/mol. The summed E-state index contributed by atoms with van der Waals surface area (Å²) in [7, 11) is 0. The molecule has 2 aromatic rings. The fourth-order valence-corrected chi connectivity index (χ4v) is 2.18. The van der Waals surface area contributed by atoms with Gasteiger partial charge in [0.25, 0.3) is 0 Å². The number of nitrogens with zero attached hydrogens (tertiary/aromatic N) is 2. The number of aromatic nitrogens is 2. The maximum Gasteiger partial charge on any atom is 0.338 e. The molecule has 0 spiro atoms. The van der Waals surface area contributed by atoms with Gasteiger partial charge in [0.05, 0.1) is 12.2 Å². The number of esters is 1. The molecule has 0 aliphatic heterocycles. The average Bonchev–Trinajstić information content (AvgIpc) is 2.93. The van der Waals surface area contributed by atoms with Crippen molar-refractivity contribution in [2.75, 3.05) is 11.9 Å². The highest BCUT2D eigenvalue weighted by Gasteiger charge is 2.08. The number of anilines is 1. The Morgan fingerprint density at radius 3 is 2.61 bits per heavy atom. The second kappa shape index (κ2) is 8.47. The third-order valence-corrected chi connectivity index (χ3v) is 3.47. The average molecular weight is 380 g/mol. The summed E-state index contributed by atoms with van der Waals surface area (Å²) in [6.45, 7) is 2.58. The van der Waals surface area contributed by atoms with E-state index < -0.39 is 0 Å². The summed E-state index contributed by atoms with van der Waals surface area (Å²) in [5, 5.41) is 6.83. The summed E-state index contributed by atoms with van der Waals surface area (Å²) in [4.78, 5) is 23.7. The Balaban J connectivity index is 1.86.